The highest BCUT2D eigenvalue weighted by Gasteiger charge is 2.26. The van der Waals surface area contributed by atoms with E-state index in [1.165, 1.54) is 0 Å². The number of hydrogen-bond donors (Lipinski definition) is 1. The average molecular weight is 266 g/mol. The van der Waals surface area contributed by atoms with Gasteiger partial charge in [0.15, 0.2) is 0 Å². The van der Waals surface area contributed by atoms with Crippen molar-refractivity contribution in [2.45, 2.75) is 38.4 Å². The van der Waals surface area contributed by atoms with Gasteiger partial charge in [-0.15, -0.1) is 0 Å². The maximum absolute atomic E-state index is 11.9. The maximum Gasteiger partial charge on any atom is 0.389 e. The molecule has 0 aliphatic rings. The zero-order chi connectivity index (χ0) is 12.9. The number of rotatable bonds is 5. The molecule has 0 bridgehead atoms. The summed E-state index contributed by atoms with van der Waals surface area (Å²) in [5.74, 6) is 0. The lowest BCUT2D eigenvalue weighted by molar-refractivity contribution is -0.135. The van der Waals surface area contributed by atoms with Crippen molar-refractivity contribution in [3.63, 3.8) is 0 Å². The van der Waals surface area contributed by atoms with Crippen molar-refractivity contribution in [3.8, 4) is 0 Å². The number of hydrogen-bond acceptors (Lipinski definition) is 1. The molecule has 0 amide bonds. The molecule has 17 heavy (non-hydrogen) atoms. The van der Waals surface area contributed by atoms with Crippen LogP contribution in [0.2, 0.25) is 5.02 Å². The third-order valence-corrected chi connectivity index (χ3v) is 2.61. The highest BCUT2D eigenvalue weighted by Crippen LogP contribution is 2.23. The van der Waals surface area contributed by atoms with E-state index >= 15 is 0 Å². The minimum atomic E-state index is -4.06. The first kappa shape index (κ1) is 14.2. The predicted molar refractivity (Wildman–Crippen MR) is 64.4 cm³/mol. The average Bonchev–Trinajstić information content (AvgIpc) is 2.19. The molecule has 1 rings (SSSR count). The van der Waals surface area contributed by atoms with E-state index in [4.69, 9.17) is 11.6 Å². The summed E-state index contributed by atoms with van der Waals surface area (Å²) in [7, 11) is 0. The van der Waals surface area contributed by atoms with Crippen LogP contribution in [0.3, 0.4) is 0 Å². The van der Waals surface area contributed by atoms with Crippen LogP contribution in [0.1, 0.15) is 26.2 Å². The molecule has 96 valence electrons. The minimum absolute atomic E-state index is 0.0125. The van der Waals surface area contributed by atoms with Crippen LogP contribution in [0.4, 0.5) is 18.9 Å². The molecule has 0 heterocycles. The molecular weight excluding hydrogens is 251 g/mol. The molecule has 5 heteroatoms. The molecule has 0 fully saturated rings. The van der Waals surface area contributed by atoms with Gasteiger partial charge in [0.25, 0.3) is 0 Å². The minimum Gasteiger partial charge on any atom is -0.383 e. The Hall–Kier alpha value is -0.900. The molecule has 1 aromatic carbocycles. The quantitative estimate of drug-likeness (QED) is 0.801. The Bertz CT molecular complexity index is 335. The molecule has 1 aromatic rings. The molecule has 1 unspecified atom stereocenters. The van der Waals surface area contributed by atoms with Crippen LogP contribution >= 0.6 is 11.6 Å². The van der Waals surface area contributed by atoms with E-state index in [0.717, 1.165) is 5.69 Å². The van der Waals surface area contributed by atoms with Gasteiger partial charge in [-0.2, -0.15) is 13.2 Å². The second-order valence-electron chi connectivity index (χ2n) is 4.06. The Morgan fingerprint density at radius 1 is 1.24 bits per heavy atom. The van der Waals surface area contributed by atoms with E-state index in [9.17, 15) is 13.2 Å². The molecule has 0 radical (unpaired) electrons. The van der Waals surface area contributed by atoms with Crippen molar-refractivity contribution in [2.24, 2.45) is 0 Å². The molecule has 0 saturated carbocycles. The predicted octanol–water partition coefficient (Wildman–Crippen LogP) is 4.87. The lowest BCUT2D eigenvalue weighted by Crippen LogP contribution is -2.16. The smallest absolute Gasteiger partial charge is 0.383 e. The number of halogens is 4. The van der Waals surface area contributed by atoms with Crippen molar-refractivity contribution < 1.29 is 13.2 Å². The molecule has 1 N–H and O–H groups in total. The third kappa shape index (κ3) is 6.41. The van der Waals surface area contributed by atoms with Crippen LogP contribution in [0.5, 0.6) is 0 Å². The first-order chi connectivity index (χ1) is 7.87. The van der Waals surface area contributed by atoms with Crippen molar-refractivity contribution in [3.05, 3.63) is 29.3 Å². The van der Waals surface area contributed by atoms with Crippen molar-refractivity contribution in [1.82, 2.24) is 0 Å². The Labute approximate surface area is 104 Å². The van der Waals surface area contributed by atoms with Crippen molar-refractivity contribution in [1.29, 1.82) is 0 Å². The number of nitrogens with one attached hydrogen (secondary N) is 1. The van der Waals surface area contributed by atoms with Crippen LogP contribution < -0.4 is 5.32 Å². The van der Waals surface area contributed by atoms with E-state index in [1.54, 1.807) is 12.1 Å². The Balaban J connectivity index is 2.30. The Kier molecular flexibility index (Phi) is 5.12. The zero-order valence-corrected chi connectivity index (χ0v) is 10.3. The van der Waals surface area contributed by atoms with E-state index in [-0.39, 0.29) is 12.5 Å². The highest BCUT2D eigenvalue weighted by molar-refractivity contribution is 6.30. The number of anilines is 1. The maximum atomic E-state index is 11.9. The number of alkyl halides is 3. The van der Waals surface area contributed by atoms with Gasteiger partial charge in [0.2, 0.25) is 0 Å². The summed E-state index contributed by atoms with van der Waals surface area (Å²) < 4.78 is 35.8. The fourth-order valence-corrected chi connectivity index (χ4v) is 1.64. The summed E-state index contributed by atoms with van der Waals surface area (Å²) >= 11 is 5.73. The van der Waals surface area contributed by atoms with Crippen LogP contribution in [-0.4, -0.2) is 12.2 Å². The van der Waals surface area contributed by atoms with E-state index in [0.29, 0.717) is 11.4 Å². The third-order valence-electron chi connectivity index (χ3n) is 2.35. The van der Waals surface area contributed by atoms with E-state index in [1.807, 2.05) is 19.1 Å². The first-order valence-electron chi connectivity index (χ1n) is 5.46. The standard InChI is InChI=1S/C12H15ClF3N/c1-9(3-2-8-12(14,15)16)17-11-6-4-10(13)5-7-11/h4-7,9,17H,2-3,8H2,1H3. The first-order valence-corrected chi connectivity index (χ1v) is 5.83. The van der Waals surface area contributed by atoms with Gasteiger partial charge in [-0.25, -0.2) is 0 Å². The number of benzene rings is 1. The molecule has 0 aromatic heterocycles. The summed E-state index contributed by atoms with van der Waals surface area (Å²) in [6, 6.07) is 7.11. The summed E-state index contributed by atoms with van der Waals surface area (Å²) in [5.41, 5.74) is 0.869. The SMILES string of the molecule is CC(CCCC(F)(F)F)Nc1ccc(Cl)cc1. The van der Waals surface area contributed by atoms with Gasteiger partial charge in [0, 0.05) is 23.2 Å². The monoisotopic (exact) mass is 265 g/mol. The van der Waals surface area contributed by atoms with Crippen LogP contribution in [-0.2, 0) is 0 Å². The summed E-state index contributed by atoms with van der Waals surface area (Å²) in [6.45, 7) is 1.87. The van der Waals surface area contributed by atoms with Crippen molar-refractivity contribution in [2.75, 3.05) is 5.32 Å². The van der Waals surface area contributed by atoms with E-state index in [2.05, 4.69) is 5.32 Å². The van der Waals surface area contributed by atoms with Crippen LogP contribution in [0.15, 0.2) is 24.3 Å². The highest BCUT2D eigenvalue weighted by atomic mass is 35.5. The Morgan fingerprint density at radius 3 is 2.35 bits per heavy atom. The molecule has 0 aliphatic carbocycles. The lowest BCUT2D eigenvalue weighted by atomic mass is 10.1. The van der Waals surface area contributed by atoms with Gasteiger partial charge in [0.05, 0.1) is 0 Å². The molecule has 0 spiro atoms. The molecule has 0 aliphatic heterocycles. The van der Waals surface area contributed by atoms with E-state index < -0.39 is 12.6 Å². The molecule has 0 saturated heterocycles. The fourth-order valence-electron chi connectivity index (χ4n) is 1.51. The molecular formula is C12H15ClF3N. The second kappa shape index (κ2) is 6.15. The van der Waals surface area contributed by atoms with Gasteiger partial charge in [-0.3, -0.25) is 0 Å². The summed E-state index contributed by atoms with van der Waals surface area (Å²) in [4.78, 5) is 0. The summed E-state index contributed by atoms with van der Waals surface area (Å²) in [6.07, 6.45) is -4.15. The largest absolute Gasteiger partial charge is 0.389 e. The Morgan fingerprint density at radius 2 is 1.82 bits per heavy atom. The molecule has 1 atom stereocenters. The van der Waals surface area contributed by atoms with Crippen LogP contribution in [0, 0.1) is 0 Å². The fraction of sp³-hybridized carbons (Fsp3) is 0.500. The van der Waals surface area contributed by atoms with Crippen molar-refractivity contribution >= 4 is 17.3 Å². The normalized spacial score (nSPS) is 13.5. The van der Waals surface area contributed by atoms with Gasteiger partial charge in [0.1, 0.15) is 0 Å². The molecule has 1 nitrogen and oxygen atoms in total. The zero-order valence-electron chi connectivity index (χ0n) is 9.52. The van der Waals surface area contributed by atoms with Crippen LogP contribution in [0.25, 0.3) is 0 Å². The van der Waals surface area contributed by atoms with Gasteiger partial charge < -0.3 is 5.32 Å². The van der Waals surface area contributed by atoms with Gasteiger partial charge in [-0.1, -0.05) is 11.6 Å². The van der Waals surface area contributed by atoms with Gasteiger partial charge >= 0.3 is 6.18 Å². The van der Waals surface area contributed by atoms with Gasteiger partial charge in [-0.05, 0) is 44.0 Å². The second-order valence-corrected chi connectivity index (χ2v) is 4.50. The topological polar surface area (TPSA) is 12.0 Å². The lowest BCUT2D eigenvalue weighted by Gasteiger charge is -2.15. The summed E-state index contributed by atoms with van der Waals surface area (Å²) in [5, 5.41) is 3.77.